The number of anilines is 1. The highest BCUT2D eigenvalue weighted by molar-refractivity contribution is 9.10. The highest BCUT2D eigenvalue weighted by Crippen LogP contribution is 2.21. The van der Waals surface area contributed by atoms with E-state index in [4.69, 9.17) is 9.84 Å². The van der Waals surface area contributed by atoms with Crippen LogP contribution >= 0.6 is 15.9 Å². The van der Waals surface area contributed by atoms with E-state index in [9.17, 15) is 9.59 Å². The van der Waals surface area contributed by atoms with Crippen molar-refractivity contribution in [3.05, 3.63) is 28.2 Å². The molecule has 1 aromatic rings. The molecule has 0 aromatic heterocycles. The summed E-state index contributed by atoms with van der Waals surface area (Å²) in [5, 5.41) is 11.7. The number of morpholine rings is 1. The van der Waals surface area contributed by atoms with E-state index < -0.39 is 5.97 Å². The van der Waals surface area contributed by atoms with Gasteiger partial charge in [0.05, 0.1) is 18.8 Å². The molecule has 0 aliphatic carbocycles. The number of nitrogens with zero attached hydrogens (tertiary/aromatic N) is 1. The van der Waals surface area contributed by atoms with Crippen LogP contribution in [0, 0.1) is 0 Å². The van der Waals surface area contributed by atoms with E-state index in [1.807, 2.05) is 0 Å². The molecule has 0 saturated carbocycles. The predicted octanol–water partition coefficient (Wildman–Crippen LogP) is 2.01. The van der Waals surface area contributed by atoms with Gasteiger partial charge in [-0.05, 0) is 34.1 Å². The molecule has 2 N–H and O–H groups in total. The van der Waals surface area contributed by atoms with Crippen molar-refractivity contribution in [2.75, 3.05) is 31.6 Å². The number of benzene rings is 1. The van der Waals surface area contributed by atoms with Crippen molar-refractivity contribution in [2.45, 2.75) is 0 Å². The number of nitrogens with one attached hydrogen (secondary N) is 1. The van der Waals surface area contributed by atoms with Crippen LogP contribution in [-0.4, -0.2) is 48.3 Å². The molecule has 0 bridgehead atoms. The van der Waals surface area contributed by atoms with Gasteiger partial charge in [-0.15, -0.1) is 0 Å². The van der Waals surface area contributed by atoms with Gasteiger partial charge in [0.25, 0.3) is 0 Å². The van der Waals surface area contributed by atoms with E-state index in [1.54, 1.807) is 17.0 Å². The number of urea groups is 1. The normalized spacial score (nSPS) is 15.1. The van der Waals surface area contributed by atoms with Crippen LogP contribution < -0.4 is 5.32 Å². The zero-order chi connectivity index (χ0) is 13.8. The van der Waals surface area contributed by atoms with Crippen LogP contribution in [0.2, 0.25) is 0 Å². The number of aromatic carboxylic acids is 1. The van der Waals surface area contributed by atoms with Gasteiger partial charge in [-0.25, -0.2) is 9.59 Å². The summed E-state index contributed by atoms with van der Waals surface area (Å²) in [5.74, 6) is -1.05. The lowest BCUT2D eigenvalue weighted by molar-refractivity contribution is 0.0564. The van der Waals surface area contributed by atoms with Crippen molar-refractivity contribution in [3.8, 4) is 0 Å². The molecule has 7 heteroatoms. The number of ether oxygens (including phenoxy) is 1. The van der Waals surface area contributed by atoms with Crippen LogP contribution in [0.4, 0.5) is 10.5 Å². The Kier molecular flexibility index (Phi) is 4.39. The average molecular weight is 329 g/mol. The number of carbonyl (C=O) groups excluding carboxylic acids is 1. The van der Waals surface area contributed by atoms with Crippen LogP contribution in [0.5, 0.6) is 0 Å². The number of amides is 2. The van der Waals surface area contributed by atoms with Gasteiger partial charge in [-0.2, -0.15) is 0 Å². The maximum atomic E-state index is 11.9. The summed E-state index contributed by atoms with van der Waals surface area (Å²) in [6, 6.07) is 4.42. The van der Waals surface area contributed by atoms with E-state index in [-0.39, 0.29) is 11.6 Å². The number of carboxylic acid groups (broad SMARTS) is 1. The number of rotatable bonds is 2. The third-order valence-electron chi connectivity index (χ3n) is 2.75. The van der Waals surface area contributed by atoms with Crippen molar-refractivity contribution in [3.63, 3.8) is 0 Å². The smallest absolute Gasteiger partial charge is 0.336 e. The minimum atomic E-state index is -1.05. The molecule has 0 spiro atoms. The molecule has 1 saturated heterocycles. The number of carbonyl (C=O) groups is 2. The average Bonchev–Trinajstić information content (AvgIpc) is 2.41. The largest absolute Gasteiger partial charge is 0.478 e. The maximum absolute atomic E-state index is 11.9. The Balaban J connectivity index is 2.08. The first-order valence-electron chi connectivity index (χ1n) is 5.74. The molecule has 19 heavy (non-hydrogen) atoms. The molecule has 1 heterocycles. The van der Waals surface area contributed by atoms with Gasteiger partial charge < -0.3 is 20.1 Å². The van der Waals surface area contributed by atoms with Crippen molar-refractivity contribution in [1.82, 2.24) is 4.90 Å². The first kappa shape index (κ1) is 13.8. The van der Waals surface area contributed by atoms with Gasteiger partial charge in [0, 0.05) is 23.2 Å². The lowest BCUT2D eigenvalue weighted by Gasteiger charge is -2.27. The molecular formula is C12H13BrN2O4. The Morgan fingerprint density at radius 3 is 2.63 bits per heavy atom. The summed E-state index contributed by atoms with van der Waals surface area (Å²) in [6.07, 6.45) is 0. The summed E-state index contributed by atoms with van der Waals surface area (Å²) in [6.45, 7) is 2.12. The molecule has 1 aromatic carbocycles. The van der Waals surface area contributed by atoms with Crippen LogP contribution in [0.25, 0.3) is 0 Å². The summed E-state index contributed by atoms with van der Waals surface area (Å²) >= 11 is 3.15. The molecule has 1 aliphatic rings. The fourth-order valence-corrected chi connectivity index (χ4v) is 2.15. The van der Waals surface area contributed by atoms with Crippen molar-refractivity contribution < 1.29 is 19.4 Å². The molecular weight excluding hydrogens is 316 g/mol. The lowest BCUT2D eigenvalue weighted by atomic mass is 10.2. The second-order valence-corrected chi connectivity index (χ2v) is 4.88. The minimum absolute atomic E-state index is 0.111. The van der Waals surface area contributed by atoms with E-state index >= 15 is 0 Å². The fourth-order valence-electron chi connectivity index (χ4n) is 1.74. The fraction of sp³-hybridized carbons (Fsp3) is 0.333. The molecule has 6 nitrogen and oxygen atoms in total. The van der Waals surface area contributed by atoms with E-state index in [1.165, 1.54) is 6.07 Å². The SMILES string of the molecule is O=C(O)c1cc(NC(=O)N2CCOCC2)ccc1Br. The second kappa shape index (κ2) is 6.03. The highest BCUT2D eigenvalue weighted by Gasteiger charge is 2.17. The quantitative estimate of drug-likeness (QED) is 0.870. The van der Waals surface area contributed by atoms with E-state index in [0.29, 0.717) is 36.5 Å². The highest BCUT2D eigenvalue weighted by atomic mass is 79.9. The Labute approximate surface area is 118 Å². The molecule has 2 rings (SSSR count). The van der Waals surface area contributed by atoms with Crippen molar-refractivity contribution >= 4 is 33.6 Å². The van der Waals surface area contributed by atoms with Crippen LogP contribution in [0.15, 0.2) is 22.7 Å². The number of halogens is 1. The third kappa shape index (κ3) is 3.45. The molecule has 1 fully saturated rings. The zero-order valence-electron chi connectivity index (χ0n) is 10.1. The topological polar surface area (TPSA) is 78.9 Å². The van der Waals surface area contributed by atoms with Crippen molar-refractivity contribution in [2.24, 2.45) is 0 Å². The lowest BCUT2D eigenvalue weighted by Crippen LogP contribution is -2.43. The summed E-state index contributed by atoms with van der Waals surface area (Å²) in [5.41, 5.74) is 0.567. The summed E-state index contributed by atoms with van der Waals surface area (Å²) < 4.78 is 5.64. The standard InChI is InChI=1S/C12H13BrN2O4/c13-10-2-1-8(7-9(10)11(16)17)14-12(18)15-3-5-19-6-4-15/h1-2,7H,3-6H2,(H,14,18)(H,16,17). The van der Waals surface area contributed by atoms with Crippen LogP contribution in [0.3, 0.4) is 0 Å². The number of carboxylic acids is 1. The van der Waals surface area contributed by atoms with Crippen molar-refractivity contribution in [1.29, 1.82) is 0 Å². The number of hydrogen-bond donors (Lipinski definition) is 2. The van der Waals surface area contributed by atoms with E-state index in [2.05, 4.69) is 21.2 Å². The molecule has 102 valence electrons. The summed E-state index contributed by atoms with van der Waals surface area (Å²) in [7, 11) is 0. The third-order valence-corrected chi connectivity index (χ3v) is 3.44. The van der Waals surface area contributed by atoms with Gasteiger partial charge in [-0.1, -0.05) is 0 Å². The van der Waals surface area contributed by atoms with Gasteiger partial charge in [0.15, 0.2) is 0 Å². The van der Waals surface area contributed by atoms with Crippen LogP contribution in [-0.2, 0) is 4.74 Å². The van der Waals surface area contributed by atoms with Gasteiger partial charge in [-0.3, -0.25) is 0 Å². The minimum Gasteiger partial charge on any atom is -0.478 e. The Bertz CT molecular complexity index is 501. The second-order valence-electron chi connectivity index (χ2n) is 4.03. The molecule has 0 radical (unpaired) electrons. The molecule has 1 aliphatic heterocycles. The summed E-state index contributed by atoms with van der Waals surface area (Å²) in [4.78, 5) is 24.6. The van der Waals surface area contributed by atoms with Gasteiger partial charge >= 0.3 is 12.0 Å². The Hall–Kier alpha value is -1.60. The molecule has 2 amide bonds. The van der Waals surface area contributed by atoms with Gasteiger partial charge in [0.1, 0.15) is 0 Å². The van der Waals surface area contributed by atoms with E-state index in [0.717, 1.165) is 0 Å². The number of hydrogen-bond acceptors (Lipinski definition) is 3. The monoisotopic (exact) mass is 328 g/mol. The Morgan fingerprint density at radius 1 is 1.32 bits per heavy atom. The molecule has 0 atom stereocenters. The zero-order valence-corrected chi connectivity index (χ0v) is 11.6. The maximum Gasteiger partial charge on any atom is 0.336 e. The van der Waals surface area contributed by atoms with Crippen LogP contribution in [0.1, 0.15) is 10.4 Å². The molecule has 0 unspecified atom stereocenters. The predicted molar refractivity (Wildman–Crippen MR) is 72.5 cm³/mol. The first-order valence-corrected chi connectivity index (χ1v) is 6.54. The van der Waals surface area contributed by atoms with Gasteiger partial charge in [0.2, 0.25) is 0 Å². The first-order chi connectivity index (χ1) is 9.08. The Morgan fingerprint density at radius 2 is 2.00 bits per heavy atom.